The average Bonchev–Trinajstić information content (AvgIpc) is 2.61. The highest BCUT2D eigenvalue weighted by Gasteiger charge is 2.04. The van der Waals surface area contributed by atoms with Crippen molar-refractivity contribution in [3.8, 4) is 6.07 Å². The van der Waals surface area contributed by atoms with Crippen molar-refractivity contribution in [2.75, 3.05) is 0 Å². The van der Waals surface area contributed by atoms with Gasteiger partial charge in [-0.3, -0.25) is 0 Å². The molecule has 1 heterocycles. The van der Waals surface area contributed by atoms with E-state index in [0.29, 0.717) is 10.4 Å². The maximum atomic E-state index is 11.1. The van der Waals surface area contributed by atoms with Gasteiger partial charge in [0.05, 0.1) is 0 Å². The number of ether oxygens (including phenoxy) is 1. The minimum absolute atomic E-state index is 0.531. The molecule has 1 aromatic heterocycles. The quantitative estimate of drug-likeness (QED) is 0.625. The summed E-state index contributed by atoms with van der Waals surface area (Å²) in [5.41, 5.74) is 0. The molecule has 1 aromatic rings. The van der Waals surface area contributed by atoms with Gasteiger partial charge in [0.15, 0.2) is 10.8 Å². The number of hydrogen-bond acceptors (Lipinski definition) is 4. The molecule has 0 fully saturated rings. The molecule has 1 rings (SSSR count). The first-order chi connectivity index (χ1) is 7.11. The van der Waals surface area contributed by atoms with Crippen molar-refractivity contribution in [2.45, 2.75) is 13.0 Å². The van der Waals surface area contributed by atoms with Crippen LogP contribution in [0, 0.1) is 11.3 Å². The lowest BCUT2D eigenvalue weighted by molar-refractivity contribution is -0.139. The van der Waals surface area contributed by atoms with E-state index < -0.39 is 12.1 Å². The number of rotatable bonds is 3. The maximum Gasteiger partial charge on any atom is 0.332 e. The fraction of sp³-hybridized carbons (Fsp3) is 0.200. The van der Waals surface area contributed by atoms with Crippen molar-refractivity contribution in [3.05, 3.63) is 28.6 Å². The summed E-state index contributed by atoms with van der Waals surface area (Å²) in [4.78, 5) is 11.1. The van der Waals surface area contributed by atoms with Gasteiger partial charge in [-0.2, -0.15) is 5.26 Å². The Morgan fingerprint density at radius 1 is 1.73 bits per heavy atom. The number of carbonyl (C=O) groups is 1. The summed E-state index contributed by atoms with van der Waals surface area (Å²) in [6.07, 6.45) is 1.93. The molecule has 0 unspecified atom stereocenters. The summed E-state index contributed by atoms with van der Waals surface area (Å²) < 4.78 is 10.4. The minimum Gasteiger partial charge on any atom is -0.450 e. The second-order valence-corrected chi connectivity index (χ2v) is 3.47. The Balaban J connectivity index is 2.52. The van der Waals surface area contributed by atoms with Gasteiger partial charge in [0.1, 0.15) is 11.8 Å². The van der Waals surface area contributed by atoms with Gasteiger partial charge >= 0.3 is 5.97 Å². The Hall–Kier alpha value is -1.54. The lowest BCUT2D eigenvalue weighted by Crippen LogP contribution is -2.10. The summed E-state index contributed by atoms with van der Waals surface area (Å²) in [6, 6.07) is 5.20. The molecule has 0 N–H and O–H groups in total. The molecule has 0 aliphatic rings. The van der Waals surface area contributed by atoms with Crippen LogP contribution < -0.4 is 0 Å². The van der Waals surface area contributed by atoms with E-state index in [1.165, 1.54) is 19.1 Å². The average molecular weight is 270 g/mol. The molecule has 78 valence electrons. The van der Waals surface area contributed by atoms with Crippen LogP contribution in [0.3, 0.4) is 0 Å². The number of nitrogens with zero attached hydrogens (tertiary/aromatic N) is 1. The highest BCUT2D eigenvalue weighted by atomic mass is 79.9. The van der Waals surface area contributed by atoms with Crippen molar-refractivity contribution in [1.82, 2.24) is 0 Å². The van der Waals surface area contributed by atoms with E-state index in [1.54, 1.807) is 18.2 Å². The van der Waals surface area contributed by atoms with Crippen LogP contribution in [-0.4, -0.2) is 12.1 Å². The zero-order valence-corrected chi connectivity index (χ0v) is 9.52. The van der Waals surface area contributed by atoms with Crippen LogP contribution in [0.4, 0.5) is 0 Å². The van der Waals surface area contributed by atoms with Gasteiger partial charge in [0.2, 0.25) is 0 Å². The molecule has 0 saturated heterocycles. The smallest absolute Gasteiger partial charge is 0.332 e. The van der Waals surface area contributed by atoms with Gasteiger partial charge in [0.25, 0.3) is 0 Å². The zero-order valence-electron chi connectivity index (χ0n) is 7.94. The van der Waals surface area contributed by atoms with Crippen molar-refractivity contribution < 1.29 is 13.9 Å². The molecule has 0 aliphatic heterocycles. The number of esters is 1. The van der Waals surface area contributed by atoms with E-state index in [4.69, 9.17) is 9.68 Å². The zero-order chi connectivity index (χ0) is 11.3. The number of hydrogen-bond donors (Lipinski definition) is 0. The minimum atomic E-state index is -0.745. The Labute approximate surface area is 95.3 Å². The molecule has 15 heavy (non-hydrogen) atoms. The number of halogens is 1. The maximum absolute atomic E-state index is 11.1. The second-order valence-electron chi connectivity index (χ2n) is 2.68. The van der Waals surface area contributed by atoms with E-state index in [2.05, 4.69) is 20.7 Å². The van der Waals surface area contributed by atoms with E-state index in [-0.39, 0.29) is 0 Å². The molecule has 0 saturated carbocycles. The third-order valence-corrected chi connectivity index (χ3v) is 1.88. The van der Waals surface area contributed by atoms with Crippen LogP contribution in [-0.2, 0) is 9.53 Å². The SMILES string of the molecule is C[C@@H](C#N)OC(=O)/C=C/c1ccc(Br)o1. The van der Waals surface area contributed by atoms with E-state index in [9.17, 15) is 4.79 Å². The van der Waals surface area contributed by atoms with Gasteiger partial charge in [-0.05, 0) is 41.1 Å². The third-order valence-electron chi connectivity index (χ3n) is 1.45. The highest BCUT2D eigenvalue weighted by molar-refractivity contribution is 9.10. The van der Waals surface area contributed by atoms with Gasteiger partial charge in [-0.25, -0.2) is 4.79 Å². The van der Waals surface area contributed by atoms with E-state index in [1.807, 2.05) is 0 Å². The van der Waals surface area contributed by atoms with Crippen LogP contribution in [0.15, 0.2) is 27.3 Å². The first-order valence-corrected chi connectivity index (χ1v) is 4.95. The predicted molar refractivity (Wildman–Crippen MR) is 56.6 cm³/mol. The Kier molecular flexibility index (Phi) is 4.13. The summed E-state index contributed by atoms with van der Waals surface area (Å²) in [6.45, 7) is 1.50. The molecular formula is C10H8BrNO3. The molecular weight excluding hydrogens is 262 g/mol. The Morgan fingerprint density at radius 3 is 3.00 bits per heavy atom. The summed E-state index contributed by atoms with van der Waals surface area (Å²) in [5.74, 6) is -0.0417. The van der Waals surface area contributed by atoms with Crippen LogP contribution in [0.5, 0.6) is 0 Å². The molecule has 1 atom stereocenters. The largest absolute Gasteiger partial charge is 0.450 e. The molecule has 4 nitrogen and oxygen atoms in total. The predicted octanol–water partition coefficient (Wildman–Crippen LogP) is 2.51. The molecule has 0 amide bonds. The van der Waals surface area contributed by atoms with Gasteiger partial charge < -0.3 is 9.15 Å². The van der Waals surface area contributed by atoms with Crippen LogP contribution in [0.25, 0.3) is 6.08 Å². The highest BCUT2D eigenvalue weighted by Crippen LogP contribution is 2.15. The van der Waals surface area contributed by atoms with Crippen molar-refractivity contribution >= 4 is 28.0 Å². The van der Waals surface area contributed by atoms with Gasteiger partial charge in [-0.15, -0.1) is 0 Å². The third kappa shape index (κ3) is 4.00. The Bertz CT molecular complexity index is 417. The normalized spacial score (nSPS) is 12.3. The fourth-order valence-corrected chi connectivity index (χ4v) is 1.13. The van der Waals surface area contributed by atoms with Crippen LogP contribution in [0.1, 0.15) is 12.7 Å². The summed E-state index contributed by atoms with van der Waals surface area (Å²) in [7, 11) is 0. The molecule has 0 bridgehead atoms. The lowest BCUT2D eigenvalue weighted by Gasteiger charge is -2.00. The monoisotopic (exact) mass is 269 g/mol. The first-order valence-electron chi connectivity index (χ1n) is 4.15. The summed E-state index contributed by atoms with van der Waals surface area (Å²) >= 11 is 3.13. The molecule has 0 aromatic carbocycles. The van der Waals surface area contributed by atoms with E-state index >= 15 is 0 Å². The summed E-state index contributed by atoms with van der Waals surface area (Å²) in [5, 5.41) is 8.40. The van der Waals surface area contributed by atoms with Crippen molar-refractivity contribution in [3.63, 3.8) is 0 Å². The van der Waals surface area contributed by atoms with E-state index in [0.717, 1.165) is 0 Å². The van der Waals surface area contributed by atoms with Gasteiger partial charge in [-0.1, -0.05) is 0 Å². The van der Waals surface area contributed by atoms with Crippen LogP contribution in [0.2, 0.25) is 0 Å². The fourth-order valence-electron chi connectivity index (χ4n) is 0.808. The second kappa shape index (κ2) is 5.37. The lowest BCUT2D eigenvalue weighted by atomic mass is 10.4. The van der Waals surface area contributed by atoms with Crippen molar-refractivity contribution in [2.24, 2.45) is 0 Å². The standard InChI is InChI=1S/C10H8BrNO3/c1-7(6-12)14-10(13)5-3-8-2-4-9(11)15-8/h2-5,7H,1H3/b5-3+/t7-/m0/s1. The molecule has 0 aliphatic carbocycles. The Morgan fingerprint density at radius 2 is 2.47 bits per heavy atom. The number of furan rings is 1. The first kappa shape index (κ1) is 11.5. The number of carbonyl (C=O) groups excluding carboxylic acids is 1. The topological polar surface area (TPSA) is 63.2 Å². The molecule has 5 heteroatoms. The van der Waals surface area contributed by atoms with Crippen molar-refractivity contribution in [1.29, 1.82) is 5.26 Å². The number of nitriles is 1. The molecule has 0 radical (unpaired) electrons. The van der Waals surface area contributed by atoms with Crippen LogP contribution >= 0.6 is 15.9 Å². The molecule has 0 spiro atoms. The van der Waals surface area contributed by atoms with Gasteiger partial charge in [0, 0.05) is 6.08 Å².